The van der Waals surface area contributed by atoms with E-state index in [-0.39, 0.29) is 42.9 Å². The number of aliphatic carboxylic acids is 1. The second kappa shape index (κ2) is 16.9. The summed E-state index contributed by atoms with van der Waals surface area (Å²) in [6.45, 7) is 11.0. The van der Waals surface area contributed by atoms with E-state index in [0.717, 1.165) is 81.0 Å². The van der Waals surface area contributed by atoms with Crippen LogP contribution < -0.4 is 0 Å². The van der Waals surface area contributed by atoms with Gasteiger partial charge in [-0.1, -0.05) is 18.2 Å². The Morgan fingerprint density at radius 2 is 1.61 bits per heavy atom. The Kier molecular flexibility index (Phi) is 12.7. The summed E-state index contributed by atoms with van der Waals surface area (Å²) in [5.41, 5.74) is 0.830. The zero-order chi connectivity index (χ0) is 36.7. The molecule has 3 aliphatic rings. The Labute approximate surface area is 299 Å². The van der Waals surface area contributed by atoms with Crippen molar-refractivity contribution >= 4 is 23.9 Å². The van der Waals surface area contributed by atoms with Gasteiger partial charge in [-0.15, -0.1) is 0 Å². The van der Waals surface area contributed by atoms with E-state index in [2.05, 4.69) is 4.90 Å². The first-order valence-electron chi connectivity index (χ1n) is 18.0. The van der Waals surface area contributed by atoms with Gasteiger partial charge in [-0.2, -0.15) is 0 Å². The van der Waals surface area contributed by atoms with Crippen LogP contribution in [0.4, 0.5) is 13.6 Å². The molecule has 3 aliphatic heterocycles. The predicted octanol–water partition coefficient (Wildman–Crippen LogP) is 4.66. The Balaban J connectivity index is 1.15. The van der Waals surface area contributed by atoms with Crippen molar-refractivity contribution in [3.8, 4) is 0 Å². The largest absolute Gasteiger partial charge is 0.480 e. The number of likely N-dealkylation sites (tertiary alicyclic amines) is 2. The van der Waals surface area contributed by atoms with Gasteiger partial charge < -0.3 is 19.6 Å². The molecule has 1 atom stereocenters. The summed E-state index contributed by atoms with van der Waals surface area (Å²) in [6, 6.07) is 10.8. The monoisotopic (exact) mass is 711 g/mol. The summed E-state index contributed by atoms with van der Waals surface area (Å²) in [5, 5.41) is 9.05. The Hall–Kier alpha value is -4.10. The van der Waals surface area contributed by atoms with Crippen LogP contribution in [0.5, 0.6) is 0 Å². The number of carbonyl (C=O) groups excluding carboxylic acids is 3. The highest BCUT2D eigenvalue weighted by Gasteiger charge is 2.31. The summed E-state index contributed by atoms with van der Waals surface area (Å²) in [5.74, 6) is -2.10. The van der Waals surface area contributed by atoms with Gasteiger partial charge in [-0.3, -0.25) is 29.1 Å². The zero-order valence-electron chi connectivity index (χ0n) is 30.0. The molecular weight excluding hydrogens is 660 g/mol. The molecule has 3 fully saturated rings. The van der Waals surface area contributed by atoms with Crippen molar-refractivity contribution in [2.45, 2.75) is 64.5 Å². The van der Waals surface area contributed by atoms with E-state index in [9.17, 15) is 28.0 Å². The highest BCUT2D eigenvalue weighted by molar-refractivity contribution is 5.94. The molecule has 278 valence electrons. The SMILES string of the molecule is CC(C)(C)OC(=O)N(CC(=O)N1CCCC(c2cccc(C(=O)N3CCN(CC4CCN(CC(=O)O)CC4)CC3)c2)C1)Cc1ccc(F)cc1F. The van der Waals surface area contributed by atoms with Gasteiger partial charge in [0.2, 0.25) is 5.91 Å². The van der Waals surface area contributed by atoms with Crippen LogP contribution in [0.1, 0.15) is 73.9 Å². The van der Waals surface area contributed by atoms with E-state index in [4.69, 9.17) is 9.84 Å². The summed E-state index contributed by atoms with van der Waals surface area (Å²) < 4.78 is 33.6. The van der Waals surface area contributed by atoms with Gasteiger partial charge in [0.25, 0.3) is 5.91 Å². The lowest BCUT2D eigenvalue weighted by Gasteiger charge is -2.38. The fourth-order valence-corrected chi connectivity index (χ4v) is 7.23. The summed E-state index contributed by atoms with van der Waals surface area (Å²) in [6.07, 6.45) is 2.79. The summed E-state index contributed by atoms with van der Waals surface area (Å²) >= 11 is 0. The molecule has 13 heteroatoms. The molecule has 3 heterocycles. The van der Waals surface area contributed by atoms with Crippen LogP contribution in [-0.4, -0.2) is 131 Å². The number of halogens is 2. The second-order valence-corrected chi connectivity index (χ2v) is 15.1. The number of carboxylic acid groups (broad SMARTS) is 1. The van der Waals surface area contributed by atoms with Gasteiger partial charge in [0, 0.05) is 68.9 Å². The number of ether oxygens (including phenoxy) is 1. The van der Waals surface area contributed by atoms with Crippen molar-refractivity contribution in [2.75, 3.05) is 72.0 Å². The lowest BCUT2D eigenvalue weighted by Crippen LogP contribution is -2.50. The number of amides is 3. The van der Waals surface area contributed by atoms with Gasteiger partial charge in [-0.05, 0) is 89.2 Å². The molecule has 2 aromatic carbocycles. The second-order valence-electron chi connectivity index (χ2n) is 15.1. The molecule has 2 aromatic rings. The van der Waals surface area contributed by atoms with Crippen LogP contribution in [-0.2, 0) is 20.9 Å². The molecule has 0 radical (unpaired) electrons. The lowest BCUT2D eigenvalue weighted by molar-refractivity contribution is -0.138. The number of nitrogens with zero attached hydrogens (tertiary/aromatic N) is 5. The minimum Gasteiger partial charge on any atom is -0.480 e. The molecule has 51 heavy (non-hydrogen) atoms. The fourth-order valence-electron chi connectivity index (χ4n) is 7.23. The highest BCUT2D eigenvalue weighted by atomic mass is 19.1. The maximum absolute atomic E-state index is 14.5. The maximum atomic E-state index is 14.5. The minimum atomic E-state index is -0.838. The smallest absolute Gasteiger partial charge is 0.411 e. The van der Waals surface area contributed by atoms with Crippen LogP contribution in [0, 0.1) is 17.6 Å². The minimum absolute atomic E-state index is 0.00117. The van der Waals surface area contributed by atoms with Crippen molar-refractivity contribution < 1.29 is 37.8 Å². The Bertz CT molecular complexity index is 1550. The molecule has 3 saturated heterocycles. The molecule has 1 N–H and O–H groups in total. The number of rotatable bonds is 10. The number of benzene rings is 2. The van der Waals surface area contributed by atoms with Crippen molar-refractivity contribution in [3.05, 3.63) is 70.8 Å². The van der Waals surface area contributed by atoms with Gasteiger partial charge >= 0.3 is 12.1 Å². The predicted molar refractivity (Wildman–Crippen MR) is 187 cm³/mol. The van der Waals surface area contributed by atoms with E-state index in [1.807, 2.05) is 34.1 Å². The van der Waals surface area contributed by atoms with Crippen molar-refractivity contribution in [2.24, 2.45) is 5.92 Å². The standard InChI is InChI=1S/C38H51F2N5O6/c1-38(2,3)51-37(50)45(24-31-9-10-32(39)21-33(31)40)25-34(46)44-13-5-8-30(23-44)28-6-4-7-29(20-28)36(49)43-18-16-42(17-19-43)22-27-11-14-41(15-12-27)26-35(47)48/h4,6-7,9-10,20-21,27,30H,5,8,11-19,22-26H2,1-3H3,(H,47,48). The number of hydrogen-bond acceptors (Lipinski definition) is 7. The van der Waals surface area contributed by atoms with Gasteiger partial charge in [-0.25, -0.2) is 13.6 Å². The van der Waals surface area contributed by atoms with E-state index in [0.29, 0.717) is 37.7 Å². The molecule has 3 amide bonds. The average molecular weight is 712 g/mol. The Morgan fingerprint density at radius 3 is 2.27 bits per heavy atom. The molecule has 0 aromatic heterocycles. The van der Waals surface area contributed by atoms with Gasteiger partial charge in [0.1, 0.15) is 23.8 Å². The molecule has 1 unspecified atom stereocenters. The third kappa shape index (κ3) is 10.9. The van der Waals surface area contributed by atoms with Crippen molar-refractivity contribution in [3.63, 3.8) is 0 Å². The zero-order valence-corrected chi connectivity index (χ0v) is 30.0. The Morgan fingerprint density at radius 1 is 0.882 bits per heavy atom. The lowest BCUT2D eigenvalue weighted by atomic mass is 9.89. The molecule has 5 rings (SSSR count). The van der Waals surface area contributed by atoms with E-state index in [1.165, 1.54) is 6.07 Å². The molecular formula is C38H51F2N5O6. The molecule has 0 bridgehead atoms. The number of carbonyl (C=O) groups is 4. The third-order valence-electron chi connectivity index (χ3n) is 9.98. The quantitative estimate of drug-likeness (QED) is 0.379. The fraction of sp³-hybridized carbons (Fsp3) is 0.579. The molecule has 0 aliphatic carbocycles. The number of hydrogen-bond donors (Lipinski definition) is 1. The topological polar surface area (TPSA) is 114 Å². The highest BCUT2D eigenvalue weighted by Crippen LogP contribution is 2.29. The third-order valence-corrected chi connectivity index (χ3v) is 9.98. The van der Waals surface area contributed by atoms with Crippen LogP contribution >= 0.6 is 0 Å². The van der Waals surface area contributed by atoms with E-state index in [1.54, 1.807) is 25.7 Å². The molecule has 11 nitrogen and oxygen atoms in total. The van der Waals surface area contributed by atoms with Crippen molar-refractivity contribution in [1.82, 2.24) is 24.5 Å². The number of carboxylic acids is 1. The normalized spacial score (nSPS) is 19.5. The van der Waals surface area contributed by atoms with Gasteiger partial charge in [0.15, 0.2) is 0 Å². The number of piperazine rings is 1. The van der Waals surface area contributed by atoms with Gasteiger partial charge in [0.05, 0.1) is 13.1 Å². The first kappa shape index (κ1) is 38.1. The first-order chi connectivity index (χ1) is 24.2. The van der Waals surface area contributed by atoms with E-state index >= 15 is 0 Å². The average Bonchev–Trinajstić information content (AvgIpc) is 3.09. The number of piperidine rings is 2. The molecule has 0 saturated carbocycles. The summed E-state index contributed by atoms with van der Waals surface area (Å²) in [4.78, 5) is 60.5. The molecule has 0 spiro atoms. The van der Waals surface area contributed by atoms with Crippen LogP contribution in [0.2, 0.25) is 0 Å². The van der Waals surface area contributed by atoms with Crippen LogP contribution in [0.25, 0.3) is 0 Å². The maximum Gasteiger partial charge on any atom is 0.411 e. The first-order valence-corrected chi connectivity index (χ1v) is 18.0. The van der Waals surface area contributed by atoms with Crippen LogP contribution in [0.3, 0.4) is 0 Å². The van der Waals surface area contributed by atoms with Crippen molar-refractivity contribution in [1.29, 1.82) is 0 Å². The summed E-state index contributed by atoms with van der Waals surface area (Å²) in [7, 11) is 0. The van der Waals surface area contributed by atoms with Crippen LogP contribution in [0.15, 0.2) is 42.5 Å². The van der Waals surface area contributed by atoms with E-state index < -0.39 is 29.3 Å².